The maximum absolute atomic E-state index is 12.7. The average molecular weight is 611 g/mol. The number of carbonyl (C=O) groups excluding carboxylic acids is 1. The lowest BCUT2D eigenvalue weighted by atomic mass is 10.1. The van der Waals surface area contributed by atoms with Crippen molar-refractivity contribution in [3.05, 3.63) is 80.4 Å². The summed E-state index contributed by atoms with van der Waals surface area (Å²) >= 11 is 7.69. The smallest absolute Gasteiger partial charge is 0.339 e. The number of anilines is 1. The molecule has 0 unspecified atom stereocenters. The Bertz CT molecular complexity index is 1400. The minimum Gasteiger partial charge on any atom is -0.508 e. The lowest BCUT2D eigenvalue weighted by Gasteiger charge is -2.14. The number of hydrogen-bond acceptors (Lipinski definition) is 7. The number of phenols is 1. The summed E-state index contributed by atoms with van der Waals surface area (Å²) in [5, 5.41) is 21.7. The van der Waals surface area contributed by atoms with Gasteiger partial charge in [0.1, 0.15) is 22.3 Å². The molecule has 0 fully saturated rings. The summed E-state index contributed by atoms with van der Waals surface area (Å²) < 4.78 is 36.3. The van der Waals surface area contributed by atoms with Crippen LogP contribution in [0, 0.1) is 14.9 Å². The Morgan fingerprint density at radius 1 is 1.15 bits per heavy atom. The van der Waals surface area contributed by atoms with E-state index in [1.54, 1.807) is 6.07 Å². The summed E-state index contributed by atoms with van der Waals surface area (Å²) in [6.45, 7) is 0. The SMILES string of the molecule is COc1cc(/C=C(\C#N)C(=O)Nc2ccc(O)cc2)cc(I)c1OS(=O)(=O)c1ccc(Cl)cc1. The second kappa shape index (κ2) is 10.8. The van der Waals surface area contributed by atoms with Crippen LogP contribution in [0.2, 0.25) is 5.02 Å². The molecular weight excluding hydrogens is 595 g/mol. The van der Waals surface area contributed by atoms with Gasteiger partial charge in [0.2, 0.25) is 0 Å². The van der Waals surface area contributed by atoms with Gasteiger partial charge < -0.3 is 19.3 Å². The molecular formula is C23H16ClIN2O6S. The van der Waals surface area contributed by atoms with Crippen LogP contribution in [0.15, 0.2) is 71.1 Å². The molecule has 0 radical (unpaired) electrons. The largest absolute Gasteiger partial charge is 0.508 e. The van der Waals surface area contributed by atoms with Crippen LogP contribution in [0.25, 0.3) is 6.08 Å². The van der Waals surface area contributed by atoms with E-state index in [2.05, 4.69) is 5.32 Å². The first kappa shape index (κ1) is 25.4. The van der Waals surface area contributed by atoms with Crippen LogP contribution in [0.1, 0.15) is 5.56 Å². The summed E-state index contributed by atoms with van der Waals surface area (Å²) in [6.07, 6.45) is 1.33. The molecule has 0 saturated heterocycles. The van der Waals surface area contributed by atoms with E-state index < -0.39 is 16.0 Å². The number of methoxy groups -OCH3 is 1. The first-order chi connectivity index (χ1) is 16.1. The van der Waals surface area contributed by atoms with Crippen molar-refractivity contribution < 1.29 is 27.2 Å². The molecule has 3 aromatic rings. The number of nitrogens with zero attached hydrogens (tertiary/aromatic N) is 1. The van der Waals surface area contributed by atoms with Crippen LogP contribution >= 0.6 is 34.2 Å². The molecule has 0 saturated carbocycles. The monoisotopic (exact) mass is 610 g/mol. The van der Waals surface area contributed by atoms with Gasteiger partial charge in [-0.1, -0.05) is 11.6 Å². The fourth-order valence-corrected chi connectivity index (χ4v) is 4.69. The number of phenolic OH excluding ortho intramolecular Hbond substituents is 1. The average Bonchev–Trinajstić information content (AvgIpc) is 2.80. The predicted octanol–water partition coefficient (Wildman–Crippen LogP) is 4.97. The van der Waals surface area contributed by atoms with Crippen molar-refractivity contribution in [2.45, 2.75) is 4.90 Å². The molecule has 34 heavy (non-hydrogen) atoms. The number of carbonyl (C=O) groups is 1. The van der Waals surface area contributed by atoms with Crippen molar-refractivity contribution in [2.75, 3.05) is 12.4 Å². The molecule has 0 spiro atoms. The van der Waals surface area contributed by atoms with Crippen molar-refractivity contribution >= 4 is 62.0 Å². The van der Waals surface area contributed by atoms with Gasteiger partial charge in [-0.25, -0.2) is 0 Å². The van der Waals surface area contributed by atoms with Crippen molar-refractivity contribution in [1.82, 2.24) is 0 Å². The van der Waals surface area contributed by atoms with E-state index in [0.717, 1.165) is 0 Å². The molecule has 0 bridgehead atoms. The van der Waals surface area contributed by atoms with E-state index in [-0.39, 0.29) is 27.7 Å². The molecule has 0 aliphatic carbocycles. The maximum atomic E-state index is 12.7. The molecule has 3 aromatic carbocycles. The third-order valence-corrected chi connectivity index (χ3v) is 6.64. The number of hydrogen-bond donors (Lipinski definition) is 2. The van der Waals surface area contributed by atoms with E-state index in [0.29, 0.717) is 19.8 Å². The topological polar surface area (TPSA) is 126 Å². The molecule has 0 aliphatic heterocycles. The Kier molecular flexibility index (Phi) is 8.03. The van der Waals surface area contributed by atoms with Gasteiger partial charge in [-0.15, -0.1) is 0 Å². The van der Waals surface area contributed by atoms with Crippen molar-refractivity contribution in [3.63, 3.8) is 0 Å². The number of aromatic hydroxyl groups is 1. The Labute approximate surface area is 214 Å². The van der Waals surface area contributed by atoms with Gasteiger partial charge >= 0.3 is 10.1 Å². The molecule has 1 amide bonds. The highest BCUT2D eigenvalue weighted by molar-refractivity contribution is 14.1. The quantitative estimate of drug-likeness (QED) is 0.127. The normalized spacial score (nSPS) is 11.4. The predicted molar refractivity (Wildman–Crippen MR) is 135 cm³/mol. The first-order valence-corrected chi connectivity index (χ1v) is 12.3. The highest BCUT2D eigenvalue weighted by Gasteiger charge is 2.22. The minimum absolute atomic E-state index is 0.0381. The van der Waals surface area contributed by atoms with Gasteiger partial charge in [0, 0.05) is 10.7 Å². The molecule has 2 N–H and O–H groups in total. The molecule has 174 valence electrons. The van der Waals surface area contributed by atoms with Crippen molar-refractivity contribution in [2.24, 2.45) is 0 Å². The lowest BCUT2D eigenvalue weighted by Crippen LogP contribution is -2.13. The fourth-order valence-electron chi connectivity index (χ4n) is 2.72. The molecule has 11 heteroatoms. The van der Waals surface area contributed by atoms with E-state index in [1.165, 1.54) is 67.8 Å². The van der Waals surface area contributed by atoms with Gasteiger partial charge in [0.15, 0.2) is 11.5 Å². The standard InChI is InChI=1S/C23H16ClIN2O6S/c1-32-21-12-14(10-15(13-26)23(29)27-17-4-6-18(28)7-5-17)11-20(25)22(21)33-34(30,31)19-8-2-16(24)3-9-19/h2-12,28H,1H3,(H,27,29)/b15-10+. The Morgan fingerprint density at radius 3 is 2.38 bits per heavy atom. The van der Waals surface area contributed by atoms with Crippen LogP contribution < -0.4 is 14.2 Å². The third-order valence-electron chi connectivity index (χ3n) is 4.35. The fraction of sp³-hybridized carbons (Fsp3) is 0.0435. The Balaban J connectivity index is 1.90. The first-order valence-electron chi connectivity index (χ1n) is 9.42. The van der Waals surface area contributed by atoms with Crippen LogP contribution in [-0.4, -0.2) is 26.5 Å². The zero-order chi connectivity index (χ0) is 24.9. The molecule has 0 aromatic heterocycles. The van der Waals surface area contributed by atoms with Gasteiger partial charge in [-0.05, 0) is 94.9 Å². The van der Waals surface area contributed by atoms with Crippen LogP contribution in [0.5, 0.6) is 17.2 Å². The summed E-state index contributed by atoms with van der Waals surface area (Å²) in [7, 11) is -2.83. The van der Waals surface area contributed by atoms with E-state index in [9.17, 15) is 23.6 Å². The molecule has 8 nitrogen and oxygen atoms in total. The maximum Gasteiger partial charge on any atom is 0.339 e. The molecule has 0 aliphatic rings. The van der Waals surface area contributed by atoms with Gasteiger partial charge in [0.05, 0.1) is 10.7 Å². The number of ether oxygens (including phenoxy) is 1. The van der Waals surface area contributed by atoms with Gasteiger partial charge in [-0.3, -0.25) is 4.79 Å². The lowest BCUT2D eigenvalue weighted by molar-refractivity contribution is -0.112. The van der Waals surface area contributed by atoms with Crippen molar-refractivity contribution in [3.8, 4) is 23.3 Å². The number of amides is 1. The van der Waals surface area contributed by atoms with E-state index in [4.69, 9.17) is 20.5 Å². The molecule has 0 heterocycles. The number of nitriles is 1. The highest BCUT2D eigenvalue weighted by Crippen LogP contribution is 2.36. The zero-order valence-corrected chi connectivity index (χ0v) is 21.2. The third kappa shape index (κ3) is 6.19. The summed E-state index contributed by atoms with van der Waals surface area (Å²) in [6, 6.07) is 16.1. The minimum atomic E-state index is -4.17. The Morgan fingerprint density at radius 2 is 1.79 bits per heavy atom. The Hall–Kier alpha value is -3.27. The van der Waals surface area contributed by atoms with Crippen LogP contribution in [-0.2, 0) is 14.9 Å². The molecule has 0 atom stereocenters. The van der Waals surface area contributed by atoms with Gasteiger partial charge in [0.25, 0.3) is 5.91 Å². The zero-order valence-electron chi connectivity index (χ0n) is 17.5. The highest BCUT2D eigenvalue weighted by atomic mass is 127. The van der Waals surface area contributed by atoms with Crippen LogP contribution in [0.3, 0.4) is 0 Å². The summed E-state index contributed by atoms with van der Waals surface area (Å²) in [5.41, 5.74) is 0.607. The summed E-state index contributed by atoms with van der Waals surface area (Å²) in [5.74, 6) is -0.571. The van der Waals surface area contributed by atoms with Gasteiger partial charge in [-0.2, -0.15) is 13.7 Å². The van der Waals surface area contributed by atoms with Crippen LogP contribution in [0.4, 0.5) is 5.69 Å². The molecule has 3 rings (SSSR count). The number of halogens is 2. The number of benzene rings is 3. The number of rotatable bonds is 7. The second-order valence-electron chi connectivity index (χ2n) is 6.70. The van der Waals surface area contributed by atoms with E-state index >= 15 is 0 Å². The van der Waals surface area contributed by atoms with Crippen molar-refractivity contribution in [1.29, 1.82) is 5.26 Å². The second-order valence-corrected chi connectivity index (χ2v) is 9.84. The van der Waals surface area contributed by atoms with E-state index in [1.807, 2.05) is 28.7 Å². The summed E-state index contributed by atoms with van der Waals surface area (Å²) in [4.78, 5) is 12.4. The number of nitrogens with one attached hydrogen (secondary N) is 1.